The van der Waals surface area contributed by atoms with Crippen LogP contribution in [0.2, 0.25) is 5.15 Å². The first kappa shape index (κ1) is 24.6. The quantitative estimate of drug-likeness (QED) is 0.293. The van der Waals surface area contributed by atoms with E-state index in [1.807, 2.05) is 13.0 Å². The number of carbonyl (C=O) groups is 1. The lowest BCUT2D eigenvalue weighted by molar-refractivity contribution is -0.143. The smallest absolute Gasteiger partial charge is 0.337 e. The maximum atomic E-state index is 13.1. The topological polar surface area (TPSA) is 33.2 Å². The second-order valence-electron chi connectivity index (χ2n) is 7.44. The molecule has 1 amide bonds. The molecule has 33 heavy (non-hydrogen) atoms. The Morgan fingerprint density at radius 1 is 0.939 bits per heavy atom. The minimum Gasteiger partial charge on any atom is -0.337 e. The SMILES string of the molecule is Cc1ccccc1-c1cc(Cl)ncc1C(=O)N(C)Cc1cc(C(F)(F)F)cc(C(F)(F)F)c1. The molecule has 0 radical (unpaired) electrons. The number of halogens is 7. The van der Waals surface area contributed by atoms with Crippen LogP contribution in [0.4, 0.5) is 26.3 Å². The molecule has 174 valence electrons. The van der Waals surface area contributed by atoms with Crippen LogP contribution in [0.15, 0.2) is 54.7 Å². The van der Waals surface area contributed by atoms with E-state index < -0.39 is 35.9 Å². The molecule has 0 saturated carbocycles. The predicted molar refractivity (Wildman–Crippen MR) is 112 cm³/mol. The molecule has 0 spiro atoms. The lowest BCUT2D eigenvalue weighted by Crippen LogP contribution is -2.27. The van der Waals surface area contributed by atoms with Crippen LogP contribution in [0, 0.1) is 6.92 Å². The molecule has 1 heterocycles. The van der Waals surface area contributed by atoms with Crippen LogP contribution in [0.3, 0.4) is 0 Å². The third-order valence-corrected chi connectivity index (χ3v) is 5.16. The molecule has 0 aliphatic heterocycles. The van der Waals surface area contributed by atoms with Gasteiger partial charge in [0.1, 0.15) is 5.15 Å². The number of rotatable bonds is 4. The summed E-state index contributed by atoms with van der Waals surface area (Å²) in [6.07, 6.45) is -8.72. The largest absolute Gasteiger partial charge is 0.416 e. The summed E-state index contributed by atoms with van der Waals surface area (Å²) in [7, 11) is 1.28. The molecule has 0 fully saturated rings. The average molecular weight is 487 g/mol. The van der Waals surface area contributed by atoms with Gasteiger partial charge in [-0.1, -0.05) is 35.9 Å². The number of aromatic nitrogens is 1. The third kappa shape index (κ3) is 5.65. The molecule has 3 rings (SSSR count). The summed E-state index contributed by atoms with van der Waals surface area (Å²) in [4.78, 5) is 18.1. The van der Waals surface area contributed by atoms with Crippen LogP contribution in [-0.4, -0.2) is 22.8 Å². The Kier molecular flexibility index (Phi) is 6.74. The van der Waals surface area contributed by atoms with Crippen molar-refractivity contribution in [2.75, 3.05) is 7.05 Å². The molecular formula is C23H17ClF6N2O. The van der Waals surface area contributed by atoms with E-state index in [1.54, 1.807) is 18.2 Å². The number of aryl methyl sites for hydroxylation is 1. The zero-order chi connectivity index (χ0) is 24.6. The van der Waals surface area contributed by atoms with Crippen molar-refractivity contribution in [1.29, 1.82) is 0 Å². The Hall–Kier alpha value is -3.07. The first-order chi connectivity index (χ1) is 15.3. The van der Waals surface area contributed by atoms with Crippen molar-refractivity contribution in [2.24, 2.45) is 0 Å². The van der Waals surface area contributed by atoms with Gasteiger partial charge in [-0.2, -0.15) is 26.3 Å². The van der Waals surface area contributed by atoms with Gasteiger partial charge in [0, 0.05) is 19.8 Å². The fraction of sp³-hybridized carbons (Fsp3) is 0.217. The number of hydrogen-bond acceptors (Lipinski definition) is 2. The van der Waals surface area contributed by atoms with Crippen LogP contribution in [0.25, 0.3) is 11.1 Å². The van der Waals surface area contributed by atoms with E-state index in [1.165, 1.54) is 19.3 Å². The first-order valence-corrected chi connectivity index (χ1v) is 9.90. The van der Waals surface area contributed by atoms with Gasteiger partial charge in [-0.15, -0.1) is 0 Å². The number of alkyl halides is 6. The summed E-state index contributed by atoms with van der Waals surface area (Å²) in [5.41, 5.74) is -1.11. The molecule has 0 saturated heterocycles. The molecule has 0 atom stereocenters. The van der Waals surface area contributed by atoms with Gasteiger partial charge < -0.3 is 4.90 Å². The predicted octanol–water partition coefficient (Wildman–Crippen LogP) is 7.02. The van der Waals surface area contributed by atoms with E-state index in [0.29, 0.717) is 23.3 Å². The summed E-state index contributed by atoms with van der Waals surface area (Å²) in [6.45, 7) is 1.34. The molecular weight excluding hydrogens is 470 g/mol. The maximum Gasteiger partial charge on any atom is 0.416 e. The fourth-order valence-electron chi connectivity index (χ4n) is 3.36. The second-order valence-corrected chi connectivity index (χ2v) is 7.83. The van der Waals surface area contributed by atoms with Crippen molar-refractivity contribution in [3.05, 3.63) is 87.7 Å². The van der Waals surface area contributed by atoms with E-state index in [-0.39, 0.29) is 22.3 Å². The monoisotopic (exact) mass is 486 g/mol. The molecule has 2 aromatic carbocycles. The van der Waals surface area contributed by atoms with Gasteiger partial charge in [-0.25, -0.2) is 4.98 Å². The number of amides is 1. The lowest BCUT2D eigenvalue weighted by Gasteiger charge is -2.21. The van der Waals surface area contributed by atoms with E-state index in [2.05, 4.69) is 4.98 Å². The molecule has 0 aliphatic rings. The molecule has 3 aromatic rings. The number of pyridine rings is 1. The Morgan fingerprint density at radius 2 is 1.52 bits per heavy atom. The van der Waals surface area contributed by atoms with E-state index in [4.69, 9.17) is 11.6 Å². The van der Waals surface area contributed by atoms with Crippen molar-refractivity contribution in [1.82, 2.24) is 9.88 Å². The maximum absolute atomic E-state index is 13.1. The van der Waals surface area contributed by atoms with Gasteiger partial charge in [0.2, 0.25) is 0 Å². The van der Waals surface area contributed by atoms with Gasteiger partial charge >= 0.3 is 12.4 Å². The Labute approximate surface area is 190 Å². The van der Waals surface area contributed by atoms with Gasteiger partial charge in [-0.3, -0.25) is 4.79 Å². The minimum absolute atomic E-state index is 0.0464. The van der Waals surface area contributed by atoms with Crippen LogP contribution in [0.1, 0.15) is 32.6 Å². The normalized spacial score (nSPS) is 12.0. The summed E-state index contributed by atoms with van der Waals surface area (Å²) in [6, 6.07) is 9.88. The van der Waals surface area contributed by atoms with Crippen molar-refractivity contribution < 1.29 is 31.1 Å². The molecule has 0 bridgehead atoms. The molecule has 0 unspecified atom stereocenters. The van der Waals surface area contributed by atoms with E-state index >= 15 is 0 Å². The standard InChI is InChI=1S/C23H17ClF6N2O/c1-13-5-3-4-6-17(13)18-10-20(24)31-11-19(18)21(33)32(2)12-14-7-15(22(25,26)27)9-16(8-14)23(28,29)30/h3-11H,12H2,1-2H3. The van der Waals surface area contributed by atoms with E-state index in [9.17, 15) is 31.1 Å². The third-order valence-electron chi connectivity index (χ3n) is 4.95. The number of hydrogen-bond donors (Lipinski definition) is 0. The van der Waals surface area contributed by atoms with Crippen molar-refractivity contribution in [3.8, 4) is 11.1 Å². The highest BCUT2D eigenvalue weighted by Gasteiger charge is 2.37. The Bertz CT molecular complexity index is 1160. The summed E-state index contributed by atoms with van der Waals surface area (Å²) >= 11 is 6.00. The van der Waals surface area contributed by atoms with Crippen LogP contribution in [-0.2, 0) is 18.9 Å². The zero-order valence-electron chi connectivity index (χ0n) is 17.4. The summed E-state index contributed by atoms with van der Waals surface area (Å²) in [5.74, 6) is -0.636. The summed E-state index contributed by atoms with van der Waals surface area (Å²) in [5, 5.41) is 0.125. The van der Waals surface area contributed by atoms with Gasteiger partial charge in [0.25, 0.3) is 5.91 Å². The minimum atomic E-state index is -4.98. The van der Waals surface area contributed by atoms with Gasteiger partial charge in [0.15, 0.2) is 0 Å². The van der Waals surface area contributed by atoms with Crippen molar-refractivity contribution in [3.63, 3.8) is 0 Å². The Balaban J connectivity index is 1.99. The molecule has 3 nitrogen and oxygen atoms in total. The van der Waals surface area contributed by atoms with Gasteiger partial charge in [0.05, 0.1) is 16.7 Å². The molecule has 0 aliphatic carbocycles. The highest BCUT2D eigenvalue weighted by Crippen LogP contribution is 2.37. The molecule has 0 N–H and O–H groups in total. The Morgan fingerprint density at radius 3 is 2.06 bits per heavy atom. The lowest BCUT2D eigenvalue weighted by atomic mass is 9.97. The molecule has 10 heteroatoms. The number of carbonyl (C=O) groups excluding carboxylic acids is 1. The molecule has 1 aromatic heterocycles. The van der Waals surface area contributed by atoms with Crippen molar-refractivity contribution in [2.45, 2.75) is 25.8 Å². The van der Waals surface area contributed by atoms with Crippen LogP contribution >= 0.6 is 11.6 Å². The number of benzene rings is 2. The zero-order valence-corrected chi connectivity index (χ0v) is 18.1. The highest BCUT2D eigenvalue weighted by atomic mass is 35.5. The number of nitrogens with zero attached hydrogens (tertiary/aromatic N) is 2. The van der Waals surface area contributed by atoms with Crippen molar-refractivity contribution >= 4 is 17.5 Å². The fourth-order valence-corrected chi connectivity index (χ4v) is 3.52. The van der Waals surface area contributed by atoms with Crippen LogP contribution in [0.5, 0.6) is 0 Å². The van der Waals surface area contributed by atoms with Crippen LogP contribution < -0.4 is 0 Å². The first-order valence-electron chi connectivity index (χ1n) is 9.52. The summed E-state index contributed by atoms with van der Waals surface area (Å²) < 4.78 is 78.9. The van der Waals surface area contributed by atoms with E-state index in [0.717, 1.165) is 10.5 Å². The second kappa shape index (κ2) is 9.05. The highest BCUT2D eigenvalue weighted by molar-refractivity contribution is 6.29. The van der Waals surface area contributed by atoms with Gasteiger partial charge in [-0.05, 0) is 53.4 Å². The average Bonchev–Trinajstić information content (AvgIpc) is 2.72.